The van der Waals surface area contributed by atoms with Crippen LogP contribution in [0.5, 0.6) is 0 Å². The van der Waals surface area contributed by atoms with Crippen LogP contribution < -0.4 is 5.32 Å². The molecule has 0 bridgehead atoms. The molecule has 1 aromatic heterocycles. The molecule has 0 spiro atoms. The molecule has 8 heteroatoms. The van der Waals surface area contributed by atoms with Crippen molar-refractivity contribution in [1.82, 2.24) is 9.78 Å². The van der Waals surface area contributed by atoms with Crippen LogP contribution in [-0.2, 0) is 11.3 Å². The summed E-state index contributed by atoms with van der Waals surface area (Å²) in [7, 11) is 0. The third-order valence-electron chi connectivity index (χ3n) is 2.57. The number of nitrogens with zero attached hydrogens (tertiary/aromatic N) is 2. The minimum absolute atomic E-state index is 0.0629. The van der Waals surface area contributed by atoms with Gasteiger partial charge in [0.1, 0.15) is 0 Å². The molecule has 1 amide bonds. The smallest absolute Gasteiger partial charge is 0.305 e. The zero-order valence-corrected chi connectivity index (χ0v) is 12.2. The molecule has 0 saturated carbocycles. The van der Waals surface area contributed by atoms with Crippen molar-refractivity contribution in [2.45, 2.75) is 13.0 Å². The third-order valence-corrected chi connectivity index (χ3v) is 3.01. The molecule has 0 atom stereocenters. The molecule has 21 heavy (non-hydrogen) atoms. The van der Waals surface area contributed by atoms with E-state index in [-0.39, 0.29) is 18.9 Å². The Morgan fingerprint density at radius 3 is 2.52 bits per heavy atom. The quantitative estimate of drug-likeness (QED) is 0.884. The Kier molecular flexibility index (Phi) is 4.82. The summed E-state index contributed by atoms with van der Waals surface area (Å²) in [4.78, 5) is 22.5. The van der Waals surface area contributed by atoms with Crippen LogP contribution in [0.25, 0.3) is 0 Å². The molecule has 0 aliphatic carbocycles. The number of nitrogens with one attached hydrogen (secondary N) is 1. The fourth-order valence-electron chi connectivity index (χ4n) is 1.64. The van der Waals surface area contributed by atoms with E-state index in [4.69, 9.17) is 28.3 Å². The minimum atomic E-state index is -0.926. The lowest BCUT2D eigenvalue weighted by Gasteiger charge is -2.04. The molecule has 2 N–H and O–H groups in total. The zero-order chi connectivity index (χ0) is 15.4. The van der Waals surface area contributed by atoms with Gasteiger partial charge in [0, 0.05) is 21.9 Å². The van der Waals surface area contributed by atoms with Crippen molar-refractivity contribution in [3.8, 4) is 0 Å². The SMILES string of the molecule is O=C(O)CCn1cc(C(=O)Nc2cc(Cl)cc(Cl)c2)cn1. The number of hydrogen-bond acceptors (Lipinski definition) is 3. The molecule has 0 radical (unpaired) electrons. The van der Waals surface area contributed by atoms with E-state index in [1.165, 1.54) is 17.1 Å². The number of hydrogen-bond donors (Lipinski definition) is 2. The Morgan fingerprint density at radius 2 is 1.90 bits per heavy atom. The number of carboxylic acids is 1. The number of benzene rings is 1. The van der Waals surface area contributed by atoms with E-state index < -0.39 is 5.97 Å². The third kappa shape index (κ3) is 4.47. The number of anilines is 1. The first-order chi connectivity index (χ1) is 9.94. The predicted octanol–water partition coefficient (Wildman–Crippen LogP) is 2.92. The molecule has 110 valence electrons. The Labute approximate surface area is 130 Å². The molecule has 1 heterocycles. The lowest BCUT2D eigenvalue weighted by molar-refractivity contribution is -0.137. The average molecular weight is 328 g/mol. The van der Waals surface area contributed by atoms with Crippen LogP contribution in [-0.4, -0.2) is 26.8 Å². The van der Waals surface area contributed by atoms with Crippen LogP contribution in [0.2, 0.25) is 10.0 Å². The largest absolute Gasteiger partial charge is 0.481 e. The predicted molar refractivity (Wildman–Crippen MR) is 78.9 cm³/mol. The molecule has 0 fully saturated rings. The maximum absolute atomic E-state index is 12.0. The number of amides is 1. The van der Waals surface area contributed by atoms with Crippen molar-refractivity contribution in [2.24, 2.45) is 0 Å². The van der Waals surface area contributed by atoms with Crippen LogP contribution in [0.3, 0.4) is 0 Å². The van der Waals surface area contributed by atoms with Gasteiger partial charge in [-0.05, 0) is 18.2 Å². The normalized spacial score (nSPS) is 10.4. The summed E-state index contributed by atoms with van der Waals surface area (Å²) in [5.74, 6) is -1.31. The highest BCUT2D eigenvalue weighted by molar-refractivity contribution is 6.35. The molecule has 0 unspecified atom stereocenters. The number of aromatic nitrogens is 2. The average Bonchev–Trinajstić information content (AvgIpc) is 2.83. The number of halogens is 2. The number of aliphatic carboxylic acids is 1. The van der Waals surface area contributed by atoms with Crippen LogP contribution in [0.4, 0.5) is 5.69 Å². The van der Waals surface area contributed by atoms with Gasteiger partial charge < -0.3 is 10.4 Å². The van der Waals surface area contributed by atoms with Gasteiger partial charge >= 0.3 is 5.97 Å². The maximum atomic E-state index is 12.0. The topological polar surface area (TPSA) is 84.2 Å². The van der Waals surface area contributed by atoms with Gasteiger partial charge in [0.25, 0.3) is 5.91 Å². The first kappa shape index (κ1) is 15.3. The monoisotopic (exact) mass is 327 g/mol. The fraction of sp³-hybridized carbons (Fsp3) is 0.154. The van der Waals surface area contributed by atoms with Crippen molar-refractivity contribution < 1.29 is 14.7 Å². The van der Waals surface area contributed by atoms with E-state index in [1.54, 1.807) is 18.2 Å². The van der Waals surface area contributed by atoms with Crippen molar-refractivity contribution >= 4 is 40.8 Å². The summed E-state index contributed by atoms with van der Waals surface area (Å²) in [6.45, 7) is 0.200. The van der Waals surface area contributed by atoms with Crippen LogP contribution in [0.15, 0.2) is 30.6 Å². The van der Waals surface area contributed by atoms with Gasteiger partial charge in [-0.3, -0.25) is 14.3 Å². The molecule has 1 aromatic carbocycles. The number of carbonyl (C=O) groups is 2. The Bertz CT molecular complexity index is 665. The van der Waals surface area contributed by atoms with Crippen LogP contribution in [0, 0.1) is 0 Å². The first-order valence-corrected chi connectivity index (χ1v) is 6.71. The molecular weight excluding hydrogens is 317 g/mol. The number of aryl methyl sites for hydroxylation is 1. The molecule has 0 aliphatic heterocycles. The summed E-state index contributed by atoms with van der Waals surface area (Å²) in [5.41, 5.74) is 0.785. The fourth-order valence-corrected chi connectivity index (χ4v) is 2.17. The van der Waals surface area contributed by atoms with Crippen molar-refractivity contribution in [2.75, 3.05) is 5.32 Å². The van der Waals surface area contributed by atoms with Crippen molar-refractivity contribution in [3.63, 3.8) is 0 Å². The number of carboxylic acid groups (broad SMARTS) is 1. The van der Waals surface area contributed by atoms with Gasteiger partial charge in [0.15, 0.2) is 0 Å². The van der Waals surface area contributed by atoms with Crippen LogP contribution >= 0.6 is 23.2 Å². The van der Waals surface area contributed by atoms with E-state index >= 15 is 0 Å². The highest BCUT2D eigenvalue weighted by Crippen LogP contribution is 2.22. The Hall–Kier alpha value is -2.05. The van der Waals surface area contributed by atoms with Gasteiger partial charge in [0.2, 0.25) is 0 Å². The number of rotatable bonds is 5. The summed E-state index contributed by atoms with van der Waals surface area (Å²) in [5, 5.41) is 16.0. The Morgan fingerprint density at radius 1 is 1.24 bits per heavy atom. The molecule has 2 aromatic rings. The van der Waals surface area contributed by atoms with Gasteiger partial charge in [-0.15, -0.1) is 0 Å². The zero-order valence-electron chi connectivity index (χ0n) is 10.7. The van der Waals surface area contributed by atoms with Gasteiger partial charge in [-0.1, -0.05) is 23.2 Å². The molecule has 0 saturated heterocycles. The lowest BCUT2D eigenvalue weighted by Crippen LogP contribution is -2.11. The maximum Gasteiger partial charge on any atom is 0.305 e. The minimum Gasteiger partial charge on any atom is -0.481 e. The van der Waals surface area contributed by atoms with E-state index in [0.29, 0.717) is 21.3 Å². The standard InChI is InChI=1S/C13H11Cl2N3O3/c14-9-3-10(15)5-11(4-9)17-13(21)8-6-16-18(7-8)2-1-12(19)20/h3-7H,1-2H2,(H,17,21)(H,19,20). The second kappa shape index (κ2) is 6.60. The highest BCUT2D eigenvalue weighted by Gasteiger charge is 2.10. The van der Waals surface area contributed by atoms with Crippen molar-refractivity contribution in [1.29, 1.82) is 0 Å². The van der Waals surface area contributed by atoms with E-state index in [0.717, 1.165) is 0 Å². The summed E-state index contributed by atoms with van der Waals surface area (Å²) < 4.78 is 1.40. The van der Waals surface area contributed by atoms with Gasteiger partial charge in [0.05, 0.1) is 24.7 Å². The summed E-state index contributed by atoms with van der Waals surface area (Å²) in [6.07, 6.45) is 2.78. The first-order valence-electron chi connectivity index (χ1n) is 5.96. The van der Waals surface area contributed by atoms with Gasteiger partial charge in [-0.2, -0.15) is 5.10 Å². The second-order valence-corrected chi connectivity index (χ2v) is 5.12. The van der Waals surface area contributed by atoms with E-state index in [2.05, 4.69) is 10.4 Å². The van der Waals surface area contributed by atoms with Crippen LogP contribution in [0.1, 0.15) is 16.8 Å². The molecule has 2 rings (SSSR count). The Balaban J connectivity index is 2.04. The van der Waals surface area contributed by atoms with E-state index in [1.807, 2.05) is 0 Å². The molecular formula is C13H11Cl2N3O3. The summed E-state index contributed by atoms with van der Waals surface area (Å²) >= 11 is 11.7. The lowest BCUT2D eigenvalue weighted by atomic mass is 10.3. The van der Waals surface area contributed by atoms with Crippen molar-refractivity contribution in [3.05, 3.63) is 46.2 Å². The van der Waals surface area contributed by atoms with E-state index in [9.17, 15) is 9.59 Å². The second-order valence-electron chi connectivity index (χ2n) is 4.25. The van der Waals surface area contributed by atoms with Gasteiger partial charge in [-0.25, -0.2) is 0 Å². The summed E-state index contributed by atoms with van der Waals surface area (Å²) in [6, 6.07) is 4.70. The molecule has 0 aliphatic rings. The molecule has 6 nitrogen and oxygen atoms in total. The number of carbonyl (C=O) groups excluding carboxylic acids is 1. The highest BCUT2D eigenvalue weighted by atomic mass is 35.5.